The number of hydrogen-bond donors (Lipinski definition) is 1. The molecular weight excluding hydrogens is 376 g/mol. The molecule has 0 atom stereocenters. The molecule has 0 radical (unpaired) electrons. The number of esters is 1. The largest absolute Gasteiger partial charge is 0.455 e. The van der Waals surface area contributed by atoms with E-state index in [1.807, 2.05) is 18.2 Å². The van der Waals surface area contributed by atoms with Crippen LogP contribution in [-0.4, -0.2) is 23.4 Å². The Morgan fingerprint density at radius 1 is 0.897 bits per heavy atom. The van der Waals surface area contributed by atoms with Gasteiger partial charge in [-0.05, 0) is 36.4 Å². The number of non-ortho nitro benzene ring substituents is 1. The van der Waals surface area contributed by atoms with Crippen molar-refractivity contribution in [1.29, 1.82) is 0 Å². The first-order valence-corrected chi connectivity index (χ1v) is 8.56. The van der Waals surface area contributed by atoms with Crippen molar-refractivity contribution in [2.45, 2.75) is 0 Å². The molecule has 0 unspecified atom stereocenters. The Kier molecular flexibility index (Phi) is 6.16. The zero-order chi connectivity index (χ0) is 20.6. The minimum atomic E-state index is -0.760. The summed E-state index contributed by atoms with van der Waals surface area (Å²) in [5.41, 5.74) is 0.387. The number of hydrogen-bond acceptors (Lipinski definition) is 6. The standard InChI is InChI=1S/C21H16N2O6/c24-20(14-28-21(25)15-10-12-16(13-11-15)23(26)27)22-18-8-4-5-9-19(18)29-17-6-2-1-3-7-17/h1-13H,14H2,(H,22,24). The van der Waals surface area contributed by atoms with E-state index in [1.54, 1.807) is 36.4 Å². The van der Waals surface area contributed by atoms with Crippen molar-refractivity contribution in [3.63, 3.8) is 0 Å². The van der Waals surface area contributed by atoms with Gasteiger partial charge < -0.3 is 14.8 Å². The van der Waals surface area contributed by atoms with Crippen LogP contribution in [0.1, 0.15) is 10.4 Å². The molecule has 8 nitrogen and oxygen atoms in total. The average molecular weight is 392 g/mol. The molecule has 0 bridgehead atoms. The van der Waals surface area contributed by atoms with Gasteiger partial charge >= 0.3 is 5.97 Å². The summed E-state index contributed by atoms with van der Waals surface area (Å²) in [6.45, 7) is -0.518. The van der Waals surface area contributed by atoms with Gasteiger partial charge in [-0.1, -0.05) is 30.3 Å². The third-order valence-corrected chi connectivity index (χ3v) is 3.78. The second-order valence-electron chi connectivity index (χ2n) is 5.84. The molecule has 146 valence electrons. The molecule has 0 saturated carbocycles. The summed E-state index contributed by atoms with van der Waals surface area (Å²) in [6, 6.07) is 20.8. The van der Waals surface area contributed by atoms with E-state index in [4.69, 9.17) is 9.47 Å². The second-order valence-corrected chi connectivity index (χ2v) is 5.84. The van der Waals surface area contributed by atoms with Gasteiger partial charge in [0.1, 0.15) is 5.75 Å². The van der Waals surface area contributed by atoms with E-state index in [1.165, 1.54) is 24.3 Å². The molecule has 0 fully saturated rings. The van der Waals surface area contributed by atoms with Gasteiger partial charge in [-0.2, -0.15) is 0 Å². The molecule has 0 spiro atoms. The number of ether oxygens (including phenoxy) is 2. The molecular formula is C21H16N2O6. The van der Waals surface area contributed by atoms with Crippen LogP contribution in [0.15, 0.2) is 78.9 Å². The number of nitro groups is 1. The second kappa shape index (κ2) is 9.14. The van der Waals surface area contributed by atoms with E-state index in [0.29, 0.717) is 17.2 Å². The zero-order valence-corrected chi connectivity index (χ0v) is 15.1. The Bertz CT molecular complexity index is 1020. The normalized spacial score (nSPS) is 10.1. The Hall–Kier alpha value is -4.20. The highest BCUT2D eigenvalue weighted by Crippen LogP contribution is 2.29. The molecule has 0 aliphatic carbocycles. The third-order valence-electron chi connectivity index (χ3n) is 3.78. The van der Waals surface area contributed by atoms with Crippen LogP contribution in [0.5, 0.6) is 11.5 Å². The molecule has 29 heavy (non-hydrogen) atoms. The molecule has 1 amide bonds. The van der Waals surface area contributed by atoms with Crippen molar-refractivity contribution in [3.8, 4) is 11.5 Å². The number of anilines is 1. The van der Waals surface area contributed by atoms with Crippen LogP contribution >= 0.6 is 0 Å². The van der Waals surface area contributed by atoms with Gasteiger partial charge in [-0.3, -0.25) is 14.9 Å². The minimum absolute atomic E-state index is 0.108. The molecule has 3 aromatic rings. The molecule has 3 aromatic carbocycles. The lowest BCUT2D eigenvalue weighted by atomic mass is 10.2. The Morgan fingerprint density at radius 2 is 1.55 bits per heavy atom. The highest BCUT2D eigenvalue weighted by molar-refractivity contribution is 5.96. The highest BCUT2D eigenvalue weighted by Gasteiger charge is 2.14. The number of nitro benzene ring substituents is 1. The highest BCUT2D eigenvalue weighted by atomic mass is 16.6. The Balaban J connectivity index is 1.58. The Morgan fingerprint density at radius 3 is 2.24 bits per heavy atom. The number of rotatable bonds is 7. The lowest BCUT2D eigenvalue weighted by Crippen LogP contribution is -2.21. The van der Waals surface area contributed by atoms with Crippen molar-refractivity contribution >= 4 is 23.3 Å². The third kappa shape index (κ3) is 5.39. The van der Waals surface area contributed by atoms with Crippen LogP contribution in [0, 0.1) is 10.1 Å². The van der Waals surface area contributed by atoms with Crippen LogP contribution in [0.4, 0.5) is 11.4 Å². The molecule has 0 aromatic heterocycles. The molecule has 0 aliphatic rings. The van der Waals surface area contributed by atoms with Gasteiger partial charge in [-0.25, -0.2) is 4.79 Å². The summed E-state index contributed by atoms with van der Waals surface area (Å²) in [5.74, 6) is -0.263. The van der Waals surface area contributed by atoms with Gasteiger partial charge in [0.25, 0.3) is 11.6 Å². The zero-order valence-electron chi connectivity index (χ0n) is 15.1. The summed E-state index contributed by atoms with van der Waals surface area (Å²) in [7, 11) is 0. The van der Waals surface area contributed by atoms with Crippen molar-refractivity contribution in [1.82, 2.24) is 0 Å². The predicted molar refractivity (Wildman–Crippen MR) is 105 cm³/mol. The molecule has 3 rings (SSSR count). The molecule has 0 aliphatic heterocycles. The number of para-hydroxylation sites is 3. The van der Waals surface area contributed by atoms with Crippen LogP contribution < -0.4 is 10.1 Å². The monoisotopic (exact) mass is 392 g/mol. The maximum atomic E-state index is 12.2. The SMILES string of the molecule is O=C(COC(=O)c1ccc([N+](=O)[O-])cc1)Nc1ccccc1Oc1ccccc1. The van der Waals surface area contributed by atoms with E-state index in [0.717, 1.165) is 0 Å². The number of carbonyl (C=O) groups excluding carboxylic acids is 2. The van der Waals surface area contributed by atoms with Crippen molar-refractivity contribution < 1.29 is 24.0 Å². The maximum Gasteiger partial charge on any atom is 0.338 e. The molecule has 0 saturated heterocycles. The first-order chi connectivity index (χ1) is 14.0. The van der Waals surface area contributed by atoms with Gasteiger partial charge in [-0.15, -0.1) is 0 Å². The number of nitrogens with zero attached hydrogens (tertiary/aromatic N) is 1. The first-order valence-electron chi connectivity index (χ1n) is 8.56. The van der Waals surface area contributed by atoms with E-state index in [9.17, 15) is 19.7 Å². The van der Waals surface area contributed by atoms with Crippen molar-refractivity contribution in [3.05, 3.63) is 94.5 Å². The topological polar surface area (TPSA) is 108 Å². The number of nitrogens with one attached hydrogen (secondary N) is 1. The van der Waals surface area contributed by atoms with Crippen LogP contribution in [0.25, 0.3) is 0 Å². The summed E-state index contributed by atoms with van der Waals surface area (Å²) >= 11 is 0. The minimum Gasteiger partial charge on any atom is -0.455 e. The number of benzene rings is 3. The van der Waals surface area contributed by atoms with Crippen LogP contribution in [0.3, 0.4) is 0 Å². The molecule has 0 heterocycles. The molecule has 8 heteroatoms. The van der Waals surface area contributed by atoms with E-state index in [2.05, 4.69) is 5.32 Å². The Labute approximate surface area is 165 Å². The van der Waals surface area contributed by atoms with Gasteiger partial charge in [0.2, 0.25) is 0 Å². The van der Waals surface area contributed by atoms with Gasteiger partial charge in [0.05, 0.1) is 16.2 Å². The van der Waals surface area contributed by atoms with Gasteiger partial charge in [0.15, 0.2) is 12.4 Å². The quantitative estimate of drug-likeness (QED) is 0.367. The summed E-state index contributed by atoms with van der Waals surface area (Å²) in [6.07, 6.45) is 0. The number of amides is 1. The fourth-order valence-electron chi connectivity index (χ4n) is 2.39. The lowest BCUT2D eigenvalue weighted by molar-refractivity contribution is -0.384. The predicted octanol–water partition coefficient (Wildman–Crippen LogP) is 4.18. The number of carbonyl (C=O) groups is 2. The van der Waals surface area contributed by atoms with Crippen molar-refractivity contribution in [2.75, 3.05) is 11.9 Å². The van der Waals surface area contributed by atoms with Gasteiger partial charge in [0, 0.05) is 12.1 Å². The first kappa shape index (κ1) is 19.6. The summed E-state index contributed by atoms with van der Waals surface area (Å²) in [5, 5.41) is 13.3. The fourth-order valence-corrected chi connectivity index (χ4v) is 2.39. The van der Waals surface area contributed by atoms with E-state index >= 15 is 0 Å². The fraction of sp³-hybridized carbons (Fsp3) is 0.0476. The summed E-state index contributed by atoms with van der Waals surface area (Å²) in [4.78, 5) is 34.2. The van der Waals surface area contributed by atoms with Crippen molar-refractivity contribution in [2.24, 2.45) is 0 Å². The van der Waals surface area contributed by atoms with Crippen LogP contribution in [0.2, 0.25) is 0 Å². The lowest BCUT2D eigenvalue weighted by Gasteiger charge is -2.12. The van der Waals surface area contributed by atoms with E-state index in [-0.39, 0.29) is 11.3 Å². The molecule has 1 N–H and O–H groups in total. The van der Waals surface area contributed by atoms with Crippen LogP contribution in [-0.2, 0) is 9.53 Å². The smallest absolute Gasteiger partial charge is 0.338 e. The maximum absolute atomic E-state index is 12.2. The van der Waals surface area contributed by atoms with E-state index < -0.39 is 23.4 Å². The summed E-state index contributed by atoms with van der Waals surface area (Å²) < 4.78 is 10.7. The average Bonchev–Trinajstić information content (AvgIpc) is 2.74.